The lowest BCUT2D eigenvalue weighted by molar-refractivity contribution is 0.0695. The lowest BCUT2D eigenvalue weighted by Crippen LogP contribution is -2.40. The SMILES string of the molecule is Cc1nc(N(CCO)C2CCCCC2)ncc1C(=O)O. The molecule has 0 aliphatic heterocycles. The number of aryl methyl sites for hydroxylation is 1. The highest BCUT2D eigenvalue weighted by atomic mass is 16.4. The maximum Gasteiger partial charge on any atom is 0.339 e. The van der Waals surface area contributed by atoms with E-state index in [9.17, 15) is 9.90 Å². The molecule has 0 spiro atoms. The van der Waals surface area contributed by atoms with Crippen LogP contribution in [-0.2, 0) is 0 Å². The van der Waals surface area contributed by atoms with Gasteiger partial charge in [0.15, 0.2) is 0 Å². The van der Waals surface area contributed by atoms with Gasteiger partial charge in [-0.15, -0.1) is 0 Å². The number of aromatic nitrogens is 2. The second kappa shape index (κ2) is 6.65. The summed E-state index contributed by atoms with van der Waals surface area (Å²) in [6.45, 7) is 2.20. The maximum atomic E-state index is 11.0. The van der Waals surface area contributed by atoms with Crippen molar-refractivity contribution in [2.45, 2.75) is 45.1 Å². The highest BCUT2D eigenvalue weighted by molar-refractivity contribution is 5.88. The van der Waals surface area contributed by atoms with Crippen molar-refractivity contribution in [3.8, 4) is 0 Å². The molecule has 0 radical (unpaired) electrons. The molecule has 1 fully saturated rings. The van der Waals surface area contributed by atoms with Crippen LogP contribution in [0.1, 0.15) is 48.2 Å². The minimum atomic E-state index is -1.01. The molecule has 1 saturated carbocycles. The Labute approximate surface area is 118 Å². The maximum absolute atomic E-state index is 11.0. The average Bonchev–Trinajstić information content (AvgIpc) is 2.45. The van der Waals surface area contributed by atoms with Crippen molar-refractivity contribution in [1.29, 1.82) is 0 Å². The molecule has 1 aromatic heterocycles. The second-order valence-electron chi connectivity index (χ2n) is 5.18. The molecule has 0 aromatic carbocycles. The summed E-state index contributed by atoms with van der Waals surface area (Å²) in [7, 11) is 0. The van der Waals surface area contributed by atoms with E-state index in [2.05, 4.69) is 9.97 Å². The predicted octanol–water partition coefficient (Wildman–Crippen LogP) is 1.61. The van der Waals surface area contributed by atoms with E-state index in [-0.39, 0.29) is 12.2 Å². The number of aliphatic hydroxyl groups is 1. The van der Waals surface area contributed by atoms with Gasteiger partial charge in [-0.3, -0.25) is 0 Å². The summed E-state index contributed by atoms with van der Waals surface area (Å²) in [4.78, 5) is 21.5. The van der Waals surface area contributed by atoms with Gasteiger partial charge in [-0.1, -0.05) is 19.3 Å². The number of aliphatic hydroxyl groups excluding tert-OH is 1. The number of anilines is 1. The minimum absolute atomic E-state index is 0.0413. The summed E-state index contributed by atoms with van der Waals surface area (Å²) in [5.74, 6) is -0.492. The predicted molar refractivity (Wildman–Crippen MR) is 75.0 cm³/mol. The van der Waals surface area contributed by atoms with Crippen LogP contribution in [0.15, 0.2) is 6.20 Å². The molecule has 110 valence electrons. The third-order valence-corrected chi connectivity index (χ3v) is 3.81. The van der Waals surface area contributed by atoms with Crippen molar-refractivity contribution < 1.29 is 15.0 Å². The number of carboxylic acids is 1. The highest BCUT2D eigenvalue weighted by Crippen LogP contribution is 2.25. The van der Waals surface area contributed by atoms with Gasteiger partial charge in [-0.25, -0.2) is 14.8 Å². The third-order valence-electron chi connectivity index (χ3n) is 3.81. The Hall–Kier alpha value is -1.69. The molecule has 1 aliphatic carbocycles. The molecule has 0 bridgehead atoms. The van der Waals surface area contributed by atoms with Gasteiger partial charge in [-0.2, -0.15) is 0 Å². The zero-order chi connectivity index (χ0) is 14.5. The van der Waals surface area contributed by atoms with Crippen LogP contribution in [0.4, 0.5) is 5.95 Å². The first-order valence-corrected chi connectivity index (χ1v) is 7.08. The fourth-order valence-electron chi connectivity index (χ4n) is 2.75. The summed E-state index contributed by atoms with van der Waals surface area (Å²) in [6.07, 6.45) is 7.11. The number of rotatable bonds is 5. The molecule has 20 heavy (non-hydrogen) atoms. The van der Waals surface area contributed by atoms with E-state index in [0.717, 1.165) is 12.8 Å². The third kappa shape index (κ3) is 3.25. The molecule has 0 amide bonds. The summed E-state index contributed by atoms with van der Waals surface area (Å²) in [5, 5.41) is 18.3. The van der Waals surface area contributed by atoms with Crippen molar-refractivity contribution in [1.82, 2.24) is 9.97 Å². The van der Waals surface area contributed by atoms with Crippen molar-refractivity contribution >= 4 is 11.9 Å². The van der Waals surface area contributed by atoms with Crippen LogP contribution in [0.3, 0.4) is 0 Å². The van der Waals surface area contributed by atoms with Gasteiger partial charge in [0.05, 0.1) is 17.9 Å². The normalized spacial score (nSPS) is 16.1. The molecular formula is C14H21N3O3. The minimum Gasteiger partial charge on any atom is -0.478 e. The Balaban J connectivity index is 2.24. The van der Waals surface area contributed by atoms with Crippen LogP contribution in [0.5, 0.6) is 0 Å². The molecule has 1 aromatic rings. The number of hydrogen-bond acceptors (Lipinski definition) is 5. The fourth-order valence-corrected chi connectivity index (χ4v) is 2.75. The molecule has 1 aliphatic rings. The zero-order valence-corrected chi connectivity index (χ0v) is 11.7. The quantitative estimate of drug-likeness (QED) is 0.851. The van der Waals surface area contributed by atoms with Gasteiger partial charge in [0, 0.05) is 18.8 Å². The van der Waals surface area contributed by atoms with Crippen molar-refractivity contribution in [2.75, 3.05) is 18.1 Å². The van der Waals surface area contributed by atoms with Gasteiger partial charge in [0.2, 0.25) is 5.95 Å². The molecule has 2 N–H and O–H groups in total. The molecule has 2 rings (SSSR count). The van der Waals surface area contributed by atoms with E-state index in [1.807, 2.05) is 4.90 Å². The van der Waals surface area contributed by atoms with Crippen molar-refractivity contribution in [2.24, 2.45) is 0 Å². The fraction of sp³-hybridized carbons (Fsp3) is 0.643. The molecule has 0 saturated heterocycles. The standard InChI is InChI=1S/C14H21N3O3/c1-10-12(13(19)20)9-15-14(16-10)17(7-8-18)11-5-3-2-4-6-11/h9,11,18H,2-8H2,1H3,(H,19,20). The lowest BCUT2D eigenvalue weighted by atomic mass is 9.94. The average molecular weight is 279 g/mol. The van der Waals surface area contributed by atoms with Gasteiger partial charge >= 0.3 is 5.97 Å². The Morgan fingerprint density at radius 3 is 2.65 bits per heavy atom. The molecule has 6 nitrogen and oxygen atoms in total. The van der Waals surface area contributed by atoms with E-state index in [1.54, 1.807) is 6.92 Å². The van der Waals surface area contributed by atoms with E-state index >= 15 is 0 Å². The van der Waals surface area contributed by atoms with Crippen LogP contribution < -0.4 is 4.90 Å². The van der Waals surface area contributed by atoms with Crippen molar-refractivity contribution in [3.05, 3.63) is 17.5 Å². The first-order valence-electron chi connectivity index (χ1n) is 7.08. The molecule has 0 atom stereocenters. The summed E-state index contributed by atoms with van der Waals surface area (Å²) in [5.41, 5.74) is 0.586. The molecule has 6 heteroatoms. The van der Waals surface area contributed by atoms with Gasteiger partial charge in [0.1, 0.15) is 0 Å². The Morgan fingerprint density at radius 1 is 1.40 bits per heavy atom. The number of carboxylic acid groups (broad SMARTS) is 1. The van der Waals surface area contributed by atoms with E-state index in [0.29, 0.717) is 24.2 Å². The number of carbonyl (C=O) groups is 1. The Bertz CT molecular complexity index is 473. The van der Waals surface area contributed by atoms with Crippen LogP contribution in [0.25, 0.3) is 0 Å². The van der Waals surface area contributed by atoms with Crippen LogP contribution in [-0.4, -0.2) is 45.3 Å². The Kier molecular flexibility index (Phi) is 4.89. The topological polar surface area (TPSA) is 86.5 Å². The molecular weight excluding hydrogens is 258 g/mol. The zero-order valence-electron chi connectivity index (χ0n) is 11.7. The van der Waals surface area contributed by atoms with E-state index < -0.39 is 5.97 Å². The van der Waals surface area contributed by atoms with Crippen LogP contribution in [0, 0.1) is 6.92 Å². The first-order chi connectivity index (χ1) is 9.63. The second-order valence-corrected chi connectivity index (χ2v) is 5.18. The summed E-state index contributed by atoms with van der Waals surface area (Å²) < 4.78 is 0. The molecule has 1 heterocycles. The molecule has 0 unspecified atom stereocenters. The first kappa shape index (κ1) is 14.7. The summed E-state index contributed by atoms with van der Waals surface area (Å²) >= 11 is 0. The van der Waals surface area contributed by atoms with E-state index in [1.165, 1.54) is 25.5 Å². The summed E-state index contributed by atoms with van der Waals surface area (Å²) in [6, 6.07) is 0.339. The van der Waals surface area contributed by atoms with Gasteiger partial charge < -0.3 is 15.1 Å². The van der Waals surface area contributed by atoms with Gasteiger partial charge in [0.25, 0.3) is 0 Å². The van der Waals surface area contributed by atoms with Gasteiger partial charge in [-0.05, 0) is 19.8 Å². The van der Waals surface area contributed by atoms with Crippen molar-refractivity contribution in [3.63, 3.8) is 0 Å². The Morgan fingerprint density at radius 2 is 2.10 bits per heavy atom. The smallest absolute Gasteiger partial charge is 0.339 e. The van der Waals surface area contributed by atoms with Crippen LogP contribution in [0.2, 0.25) is 0 Å². The van der Waals surface area contributed by atoms with Crippen LogP contribution >= 0.6 is 0 Å². The lowest BCUT2D eigenvalue weighted by Gasteiger charge is -2.34. The highest BCUT2D eigenvalue weighted by Gasteiger charge is 2.23. The monoisotopic (exact) mass is 279 g/mol. The number of hydrogen-bond donors (Lipinski definition) is 2. The van der Waals surface area contributed by atoms with E-state index in [4.69, 9.17) is 5.11 Å². The largest absolute Gasteiger partial charge is 0.478 e. The number of aromatic carboxylic acids is 1. The number of nitrogens with zero attached hydrogens (tertiary/aromatic N) is 3.